The van der Waals surface area contributed by atoms with Crippen LogP contribution in [-0.2, 0) is 7.05 Å². The number of benzene rings is 1. The number of nitrogens with zero attached hydrogens (tertiary/aromatic N) is 4. The number of carbonyl (C=O) groups excluding carboxylic acids is 1. The lowest BCUT2D eigenvalue weighted by Crippen LogP contribution is -2.49. The quantitative estimate of drug-likeness (QED) is 0.484. The zero-order valence-electron chi connectivity index (χ0n) is 17.4. The van der Waals surface area contributed by atoms with Gasteiger partial charge in [-0.15, -0.1) is 12.4 Å². The average molecular weight is 497 g/mol. The fourth-order valence-electron chi connectivity index (χ4n) is 3.70. The number of rotatable bonds is 5. The van der Waals surface area contributed by atoms with Gasteiger partial charge in [0.05, 0.1) is 5.69 Å². The highest BCUT2D eigenvalue weighted by Gasteiger charge is 2.25. The van der Waals surface area contributed by atoms with Crippen LogP contribution in [0.15, 0.2) is 36.5 Å². The minimum absolute atomic E-state index is 0. The van der Waals surface area contributed by atoms with Crippen molar-refractivity contribution in [1.82, 2.24) is 25.1 Å². The molecular formula is C21H24Cl3N7O. The zero-order chi connectivity index (χ0) is 22.0. The Hall–Kier alpha value is -2.39. The van der Waals surface area contributed by atoms with Gasteiger partial charge in [0, 0.05) is 41.1 Å². The van der Waals surface area contributed by atoms with Gasteiger partial charge in [-0.2, -0.15) is 5.10 Å². The first-order valence-electron chi connectivity index (χ1n) is 10.1. The molecule has 0 spiro atoms. The van der Waals surface area contributed by atoms with Gasteiger partial charge in [0.2, 0.25) is 5.95 Å². The van der Waals surface area contributed by atoms with Crippen molar-refractivity contribution in [1.29, 1.82) is 0 Å². The van der Waals surface area contributed by atoms with Gasteiger partial charge in [-0.05, 0) is 43.2 Å². The number of hydrogen-bond acceptors (Lipinski definition) is 6. The first-order valence-corrected chi connectivity index (χ1v) is 10.8. The number of aromatic nitrogens is 4. The lowest BCUT2D eigenvalue weighted by atomic mass is 9.91. The van der Waals surface area contributed by atoms with Crippen molar-refractivity contribution in [2.75, 3.05) is 5.32 Å². The van der Waals surface area contributed by atoms with Gasteiger partial charge in [0.1, 0.15) is 11.4 Å². The zero-order valence-corrected chi connectivity index (χ0v) is 19.7. The molecule has 32 heavy (non-hydrogen) atoms. The van der Waals surface area contributed by atoms with E-state index in [0.717, 1.165) is 25.7 Å². The van der Waals surface area contributed by atoms with Crippen molar-refractivity contribution in [2.24, 2.45) is 12.8 Å². The van der Waals surface area contributed by atoms with Crippen molar-refractivity contribution >= 4 is 53.2 Å². The van der Waals surface area contributed by atoms with E-state index >= 15 is 0 Å². The highest BCUT2D eigenvalue weighted by Crippen LogP contribution is 2.25. The molecule has 0 saturated heterocycles. The van der Waals surface area contributed by atoms with Crippen LogP contribution >= 0.6 is 35.6 Å². The van der Waals surface area contributed by atoms with Crippen molar-refractivity contribution in [2.45, 2.75) is 37.8 Å². The third kappa shape index (κ3) is 5.69. The van der Waals surface area contributed by atoms with Gasteiger partial charge in [-0.1, -0.05) is 36.0 Å². The van der Waals surface area contributed by atoms with Crippen LogP contribution in [0.2, 0.25) is 10.0 Å². The Morgan fingerprint density at radius 3 is 2.56 bits per heavy atom. The summed E-state index contributed by atoms with van der Waals surface area (Å²) in [7, 11) is 1.73. The molecule has 8 nitrogen and oxygen atoms in total. The van der Waals surface area contributed by atoms with Gasteiger partial charge in [-0.3, -0.25) is 9.48 Å². The Balaban J connectivity index is 0.00000289. The summed E-state index contributed by atoms with van der Waals surface area (Å²) in [5, 5.41) is 11.6. The molecule has 1 aromatic carbocycles. The van der Waals surface area contributed by atoms with Crippen molar-refractivity contribution in [3.05, 3.63) is 52.3 Å². The molecule has 0 radical (unpaired) electrons. The lowest BCUT2D eigenvalue weighted by molar-refractivity contribution is 0.0911. The molecule has 2 atom stereocenters. The van der Waals surface area contributed by atoms with E-state index in [1.807, 2.05) is 0 Å². The fourth-order valence-corrected chi connectivity index (χ4v) is 4.23. The molecular weight excluding hydrogens is 473 g/mol. The predicted octanol–water partition coefficient (Wildman–Crippen LogP) is 4.35. The van der Waals surface area contributed by atoms with Crippen LogP contribution in [0.3, 0.4) is 0 Å². The normalized spacial score (nSPS) is 18.0. The van der Waals surface area contributed by atoms with E-state index < -0.39 is 0 Å². The van der Waals surface area contributed by atoms with Crippen molar-refractivity contribution in [3.8, 4) is 11.4 Å². The van der Waals surface area contributed by atoms with E-state index in [0.29, 0.717) is 38.8 Å². The molecule has 0 unspecified atom stereocenters. The highest BCUT2D eigenvalue weighted by atomic mass is 35.5. The Kier molecular flexibility index (Phi) is 7.95. The van der Waals surface area contributed by atoms with Gasteiger partial charge < -0.3 is 16.4 Å². The monoisotopic (exact) mass is 495 g/mol. The number of amides is 1. The van der Waals surface area contributed by atoms with Crippen LogP contribution in [0, 0.1) is 0 Å². The topological polar surface area (TPSA) is 111 Å². The number of nitrogens with two attached hydrogens (primary N) is 1. The van der Waals surface area contributed by atoms with Crippen molar-refractivity contribution < 1.29 is 4.79 Å². The van der Waals surface area contributed by atoms with Gasteiger partial charge >= 0.3 is 0 Å². The van der Waals surface area contributed by atoms with E-state index in [-0.39, 0.29) is 30.4 Å². The van der Waals surface area contributed by atoms with E-state index in [2.05, 4.69) is 25.7 Å². The number of hydrogen-bond donors (Lipinski definition) is 3. The molecule has 2 aromatic heterocycles. The minimum atomic E-state index is -0.190. The number of halogens is 3. The lowest BCUT2D eigenvalue weighted by Gasteiger charge is -2.29. The number of nitrogens with one attached hydrogen (secondary N) is 2. The summed E-state index contributed by atoms with van der Waals surface area (Å²) < 4.78 is 1.55. The first kappa shape index (κ1) is 24.3. The SMILES string of the molecule is Cl.Cn1nc(-c2ccnc(Nc3cc(Cl)cc(Cl)c3)n2)cc1C(=O)N[C@H]1CCCC[C@H]1N. The number of carbonyl (C=O) groups is 1. The molecule has 1 aliphatic carbocycles. The standard InChI is InChI=1S/C21H23Cl2N7O.ClH/c1-30-19(20(31)27-16-5-3-2-4-15(16)24)11-18(29-30)17-6-7-25-21(28-17)26-14-9-12(22)8-13(23)10-14;/h6-11,15-16H,2-5,24H2,1H3,(H,27,31)(H,25,26,28);1H/t15-,16+;/m1./s1. The van der Waals surface area contributed by atoms with Crippen molar-refractivity contribution in [3.63, 3.8) is 0 Å². The summed E-state index contributed by atoms with van der Waals surface area (Å²) in [6.45, 7) is 0. The Morgan fingerprint density at radius 1 is 1.12 bits per heavy atom. The van der Waals surface area contributed by atoms with Crippen LogP contribution < -0.4 is 16.4 Å². The van der Waals surface area contributed by atoms with Gasteiger partial charge in [-0.25, -0.2) is 9.97 Å². The van der Waals surface area contributed by atoms with E-state index in [1.54, 1.807) is 48.3 Å². The summed E-state index contributed by atoms with van der Waals surface area (Å²) in [5.41, 5.74) is 8.42. The van der Waals surface area contributed by atoms with E-state index in [4.69, 9.17) is 28.9 Å². The fraction of sp³-hybridized carbons (Fsp3) is 0.333. The summed E-state index contributed by atoms with van der Waals surface area (Å²) in [5.74, 6) is 0.172. The van der Waals surface area contributed by atoms with Crippen LogP contribution in [-0.4, -0.2) is 37.7 Å². The molecule has 170 valence electrons. The summed E-state index contributed by atoms with van der Waals surface area (Å²) in [6.07, 6.45) is 5.62. The maximum absolute atomic E-state index is 12.8. The number of anilines is 2. The second-order valence-corrected chi connectivity index (χ2v) is 8.49. The summed E-state index contributed by atoms with van der Waals surface area (Å²) >= 11 is 12.1. The first-order chi connectivity index (χ1) is 14.9. The average Bonchev–Trinajstić information content (AvgIpc) is 3.11. The van der Waals surface area contributed by atoms with Gasteiger partial charge in [0.15, 0.2) is 0 Å². The van der Waals surface area contributed by atoms with E-state index in [1.165, 1.54) is 0 Å². The predicted molar refractivity (Wildman–Crippen MR) is 129 cm³/mol. The Bertz CT molecular complexity index is 1080. The molecule has 1 saturated carbocycles. The molecule has 0 aliphatic heterocycles. The molecule has 0 bridgehead atoms. The molecule has 11 heteroatoms. The molecule has 4 N–H and O–H groups in total. The molecule has 4 rings (SSSR count). The Labute approximate surface area is 202 Å². The largest absolute Gasteiger partial charge is 0.346 e. The maximum Gasteiger partial charge on any atom is 0.269 e. The summed E-state index contributed by atoms with van der Waals surface area (Å²) in [4.78, 5) is 21.5. The Morgan fingerprint density at radius 2 is 1.84 bits per heavy atom. The molecule has 2 heterocycles. The molecule has 1 fully saturated rings. The maximum atomic E-state index is 12.8. The minimum Gasteiger partial charge on any atom is -0.346 e. The van der Waals surface area contributed by atoms with E-state index in [9.17, 15) is 4.79 Å². The second-order valence-electron chi connectivity index (χ2n) is 7.62. The second kappa shape index (κ2) is 10.5. The van der Waals surface area contributed by atoms with Gasteiger partial charge in [0.25, 0.3) is 5.91 Å². The molecule has 1 amide bonds. The third-order valence-electron chi connectivity index (χ3n) is 5.29. The van der Waals surface area contributed by atoms with Crippen LogP contribution in [0.25, 0.3) is 11.4 Å². The van der Waals surface area contributed by atoms with Crippen LogP contribution in [0.1, 0.15) is 36.2 Å². The third-order valence-corrected chi connectivity index (χ3v) is 5.72. The molecule has 1 aliphatic rings. The van der Waals surface area contributed by atoms with Crippen LogP contribution in [0.4, 0.5) is 11.6 Å². The van der Waals surface area contributed by atoms with Crippen LogP contribution in [0.5, 0.6) is 0 Å². The molecule has 3 aromatic rings. The smallest absolute Gasteiger partial charge is 0.269 e. The summed E-state index contributed by atoms with van der Waals surface area (Å²) in [6, 6.07) is 8.51. The highest BCUT2D eigenvalue weighted by molar-refractivity contribution is 6.35. The number of aryl methyl sites for hydroxylation is 1.